The fraction of sp³-hybridized carbons (Fsp3) is 0.333. The van der Waals surface area contributed by atoms with Crippen LogP contribution in [-0.4, -0.2) is 55.3 Å². The molecule has 0 saturated carbocycles. The predicted molar refractivity (Wildman–Crippen MR) is 79.4 cm³/mol. The number of nitrogens with zero attached hydrogens (tertiary/aromatic N) is 1. The number of esters is 1. The zero-order chi connectivity index (χ0) is 18.6. The largest absolute Gasteiger partial charge is 0.466 e. The van der Waals surface area contributed by atoms with Crippen LogP contribution in [0.4, 0.5) is 18.9 Å². The minimum Gasteiger partial charge on any atom is -0.466 e. The van der Waals surface area contributed by atoms with Crippen LogP contribution < -0.4 is 10.1 Å². The number of methoxy groups -OCH3 is 1. The lowest BCUT2D eigenvalue weighted by atomic mass is 10.2. The molecule has 0 aromatic heterocycles. The van der Waals surface area contributed by atoms with Crippen LogP contribution in [0.1, 0.15) is 0 Å². The molecule has 0 bridgehead atoms. The summed E-state index contributed by atoms with van der Waals surface area (Å²) in [6.45, 7) is -3.73. The van der Waals surface area contributed by atoms with Gasteiger partial charge < -0.3 is 24.8 Å². The maximum absolute atomic E-state index is 14.2. The molecule has 0 fully saturated rings. The minimum absolute atomic E-state index is 0.0402. The van der Waals surface area contributed by atoms with E-state index in [1.807, 2.05) is 0 Å². The summed E-state index contributed by atoms with van der Waals surface area (Å²) in [7, 11) is 1.11. The number of hydrogen-bond donors (Lipinski definition) is 2. The van der Waals surface area contributed by atoms with Crippen molar-refractivity contribution in [2.45, 2.75) is 6.61 Å². The molecule has 0 atom stereocenters. The second-order valence-electron chi connectivity index (χ2n) is 4.92. The lowest BCUT2D eigenvalue weighted by Gasteiger charge is -2.15. The van der Waals surface area contributed by atoms with Crippen molar-refractivity contribution in [1.82, 2.24) is 4.90 Å². The molecule has 25 heavy (non-hydrogen) atoms. The van der Waals surface area contributed by atoms with E-state index in [0.29, 0.717) is 0 Å². The second-order valence-corrected chi connectivity index (χ2v) is 4.92. The van der Waals surface area contributed by atoms with E-state index in [1.165, 1.54) is 12.1 Å². The molecule has 0 unspecified atom stereocenters. The lowest BCUT2D eigenvalue weighted by molar-refractivity contribution is -0.136. The van der Waals surface area contributed by atoms with Crippen molar-refractivity contribution >= 4 is 17.6 Å². The summed E-state index contributed by atoms with van der Waals surface area (Å²) in [6.07, 6.45) is 0. The van der Waals surface area contributed by atoms with Gasteiger partial charge in [0.1, 0.15) is 5.70 Å². The maximum Gasteiger partial charge on any atom is 0.387 e. The van der Waals surface area contributed by atoms with Gasteiger partial charge in [0, 0.05) is 6.54 Å². The summed E-state index contributed by atoms with van der Waals surface area (Å²) in [6, 6.07) is 3.43. The summed E-state index contributed by atoms with van der Waals surface area (Å²) >= 11 is 0. The fourth-order valence-electron chi connectivity index (χ4n) is 2.28. The Balaban J connectivity index is 2.35. The molecule has 10 heteroatoms. The van der Waals surface area contributed by atoms with Crippen molar-refractivity contribution in [3.05, 3.63) is 35.3 Å². The molecule has 1 aromatic carbocycles. The Bertz CT molecular complexity index is 708. The summed E-state index contributed by atoms with van der Waals surface area (Å²) in [5.41, 5.74) is -0.650. The normalized spacial score (nSPS) is 14.3. The first-order valence-electron chi connectivity index (χ1n) is 7.11. The van der Waals surface area contributed by atoms with E-state index in [2.05, 4.69) is 14.8 Å². The molecule has 136 valence electrons. The van der Waals surface area contributed by atoms with Gasteiger partial charge in [-0.15, -0.1) is 0 Å². The van der Waals surface area contributed by atoms with Gasteiger partial charge in [-0.3, -0.25) is 4.79 Å². The molecule has 1 amide bonds. The Morgan fingerprint density at radius 2 is 2.16 bits per heavy atom. The summed E-state index contributed by atoms with van der Waals surface area (Å²) in [5.74, 6) is -3.32. The average Bonchev–Trinajstić information content (AvgIpc) is 2.87. The van der Waals surface area contributed by atoms with Crippen LogP contribution in [0.2, 0.25) is 0 Å². The SMILES string of the molecule is COC(=O)C1=C(Nc2cccc(OC(F)F)c2F)C(=O)N(CCO)C1. The molecule has 0 aliphatic carbocycles. The zero-order valence-electron chi connectivity index (χ0n) is 13.1. The Kier molecular flexibility index (Phi) is 5.86. The average molecular weight is 360 g/mol. The Morgan fingerprint density at radius 1 is 1.44 bits per heavy atom. The number of alkyl halides is 2. The van der Waals surface area contributed by atoms with Gasteiger partial charge in [-0.25, -0.2) is 9.18 Å². The van der Waals surface area contributed by atoms with Crippen molar-refractivity contribution in [2.24, 2.45) is 0 Å². The lowest BCUT2D eigenvalue weighted by Crippen LogP contribution is -2.31. The van der Waals surface area contributed by atoms with Crippen LogP contribution in [-0.2, 0) is 14.3 Å². The number of aliphatic hydroxyl groups excluding tert-OH is 1. The molecular formula is C15H15F3N2O5. The van der Waals surface area contributed by atoms with E-state index in [-0.39, 0.29) is 36.7 Å². The molecule has 0 spiro atoms. The van der Waals surface area contributed by atoms with Gasteiger partial charge in [-0.05, 0) is 12.1 Å². The smallest absolute Gasteiger partial charge is 0.387 e. The summed E-state index contributed by atoms with van der Waals surface area (Å²) in [5, 5.41) is 11.4. The highest BCUT2D eigenvalue weighted by Crippen LogP contribution is 2.29. The monoisotopic (exact) mass is 360 g/mol. The van der Waals surface area contributed by atoms with Gasteiger partial charge in [0.2, 0.25) is 0 Å². The number of ether oxygens (including phenoxy) is 2. The third-order valence-corrected chi connectivity index (χ3v) is 3.39. The number of amides is 1. The Labute approximate surface area is 140 Å². The van der Waals surface area contributed by atoms with Gasteiger partial charge >= 0.3 is 12.6 Å². The fourth-order valence-corrected chi connectivity index (χ4v) is 2.28. The van der Waals surface area contributed by atoms with Crippen molar-refractivity contribution < 1.29 is 37.3 Å². The van der Waals surface area contributed by atoms with Crippen LogP contribution >= 0.6 is 0 Å². The Hall–Kier alpha value is -2.75. The maximum atomic E-state index is 14.2. The van der Waals surface area contributed by atoms with Crippen LogP contribution in [0.25, 0.3) is 0 Å². The molecule has 0 saturated heterocycles. The van der Waals surface area contributed by atoms with E-state index >= 15 is 0 Å². The number of nitrogens with one attached hydrogen (secondary N) is 1. The predicted octanol–water partition coefficient (Wildman–Crippen LogP) is 1.10. The molecule has 1 heterocycles. The minimum atomic E-state index is -3.22. The topological polar surface area (TPSA) is 88.1 Å². The summed E-state index contributed by atoms with van der Waals surface area (Å²) in [4.78, 5) is 25.3. The van der Waals surface area contributed by atoms with Gasteiger partial charge in [0.05, 0.1) is 31.5 Å². The number of hydrogen-bond acceptors (Lipinski definition) is 6. The number of benzene rings is 1. The molecule has 1 aliphatic heterocycles. The van der Waals surface area contributed by atoms with Crippen LogP contribution in [0, 0.1) is 5.82 Å². The van der Waals surface area contributed by atoms with Crippen molar-refractivity contribution in [2.75, 3.05) is 32.1 Å². The highest BCUT2D eigenvalue weighted by Gasteiger charge is 2.35. The zero-order valence-corrected chi connectivity index (χ0v) is 13.1. The number of aliphatic hydroxyl groups is 1. The number of rotatable bonds is 7. The first-order chi connectivity index (χ1) is 11.9. The van der Waals surface area contributed by atoms with Gasteiger partial charge in [-0.2, -0.15) is 8.78 Å². The van der Waals surface area contributed by atoms with E-state index < -0.39 is 30.1 Å². The van der Waals surface area contributed by atoms with E-state index in [9.17, 15) is 22.8 Å². The quantitative estimate of drug-likeness (QED) is 0.708. The van der Waals surface area contributed by atoms with E-state index in [1.54, 1.807) is 0 Å². The van der Waals surface area contributed by atoms with Crippen molar-refractivity contribution in [3.63, 3.8) is 0 Å². The van der Waals surface area contributed by atoms with Gasteiger partial charge in [0.25, 0.3) is 5.91 Å². The second kappa shape index (κ2) is 7.88. The molecule has 1 aromatic rings. The third-order valence-electron chi connectivity index (χ3n) is 3.39. The third kappa shape index (κ3) is 4.02. The van der Waals surface area contributed by atoms with Crippen LogP contribution in [0.15, 0.2) is 29.5 Å². The van der Waals surface area contributed by atoms with Gasteiger partial charge in [-0.1, -0.05) is 6.07 Å². The molecule has 2 rings (SSSR count). The number of carbonyl (C=O) groups excluding carboxylic acids is 2. The first kappa shape index (κ1) is 18.6. The first-order valence-corrected chi connectivity index (χ1v) is 7.11. The molecule has 7 nitrogen and oxygen atoms in total. The number of halogens is 3. The molecule has 1 aliphatic rings. The molecule has 0 radical (unpaired) electrons. The van der Waals surface area contributed by atoms with Crippen LogP contribution in [0.5, 0.6) is 5.75 Å². The number of β-amino-alcohol motifs (C(OH)–C–C–N with tert-alkyl or cyclic N) is 1. The van der Waals surface area contributed by atoms with Crippen LogP contribution in [0.3, 0.4) is 0 Å². The van der Waals surface area contributed by atoms with Crippen molar-refractivity contribution in [3.8, 4) is 5.75 Å². The number of carbonyl (C=O) groups is 2. The highest BCUT2D eigenvalue weighted by atomic mass is 19.3. The highest BCUT2D eigenvalue weighted by molar-refractivity contribution is 6.08. The number of anilines is 1. The Morgan fingerprint density at radius 3 is 2.76 bits per heavy atom. The van der Waals surface area contributed by atoms with Crippen molar-refractivity contribution in [1.29, 1.82) is 0 Å². The summed E-state index contributed by atoms with van der Waals surface area (Å²) < 4.78 is 47.4. The van der Waals surface area contributed by atoms with E-state index in [0.717, 1.165) is 18.1 Å². The van der Waals surface area contributed by atoms with Gasteiger partial charge in [0.15, 0.2) is 11.6 Å². The molecule has 2 N–H and O–H groups in total. The molecular weight excluding hydrogens is 345 g/mol. The van der Waals surface area contributed by atoms with E-state index in [4.69, 9.17) is 5.11 Å². The standard InChI is InChI=1S/C15H15F3N2O5/c1-24-14(23)8-7-20(5-6-21)13(22)12(8)19-9-3-2-4-10(11(9)16)25-15(17)18/h2-4,15,19,21H,5-7H2,1H3.